The number of aryl methyl sites for hydroxylation is 1. The van der Waals surface area contributed by atoms with Crippen molar-refractivity contribution in [3.63, 3.8) is 0 Å². The number of hydrogen-bond donors (Lipinski definition) is 1. The lowest BCUT2D eigenvalue weighted by atomic mass is 10.1. The Bertz CT molecular complexity index is 1080. The number of carbonyl (C=O) groups is 1. The molecule has 1 amide bonds. The Morgan fingerprint density at radius 1 is 1.09 bits per heavy atom. The van der Waals surface area contributed by atoms with Crippen molar-refractivity contribution in [1.29, 1.82) is 0 Å². The molecule has 8 heteroatoms. The minimum atomic E-state index is -0.375. The van der Waals surface area contributed by atoms with Crippen molar-refractivity contribution in [2.24, 2.45) is 7.05 Å². The third-order valence-electron chi connectivity index (χ3n) is 5.89. The SMILES string of the molecule is COc1ccc(N2CCN(C(CNC(=O)c3cccn(C)c3=O)c3ccco3)CC2)cc1. The van der Waals surface area contributed by atoms with Crippen molar-refractivity contribution >= 4 is 11.6 Å². The Morgan fingerprint density at radius 2 is 1.84 bits per heavy atom. The van der Waals surface area contributed by atoms with Crippen LogP contribution in [0.3, 0.4) is 0 Å². The predicted molar refractivity (Wildman–Crippen MR) is 122 cm³/mol. The van der Waals surface area contributed by atoms with Crippen LogP contribution in [0.15, 0.2) is 70.2 Å². The summed E-state index contributed by atoms with van der Waals surface area (Å²) in [6.45, 7) is 3.71. The van der Waals surface area contributed by atoms with Crippen LogP contribution in [0, 0.1) is 0 Å². The molecule has 0 bridgehead atoms. The quantitative estimate of drug-likeness (QED) is 0.612. The van der Waals surface area contributed by atoms with Crippen LogP contribution in [0.25, 0.3) is 0 Å². The van der Waals surface area contributed by atoms with E-state index in [4.69, 9.17) is 9.15 Å². The Morgan fingerprint density at radius 3 is 2.50 bits per heavy atom. The summed E-state index contributed by atoms with van der Waals surface area (Å²) in [7, 11) is 3.30. The van der Waals surface area contributed by atoms with E-state index in [1.165, 1.54) is 4.57 Å². The third kappa shape index (κ3) is 4.70. The molecule has 0 spiro atoms. The average Bonchev–Trinajstić information content (AvgIpc) is 3.36. The van der Waals surface area contributed by atoms with Gasteiger partial charge in [-0.25, -0.2) is 0 Å². The normalized spacial score (nSPS) is 15.4. The summed E-state index contributed by atoms with van der Waals surface area (Å²) in [5, 5.41) is 2.93. The lowest BCUT2D eigenvalue weighted by molar-refractivity contribution is 0.0921. The Labute approximate surface area is 187 Å². The molecule has 0 saturated carbocycles. The van der Waals surface area contributed by atoms with Crippen molar-refractivity contribution in [3.05, 3.63) is 82.7 Å². The molecule has 4 rings (SSSR count). The van der Waals surface area contributed by atoms with Gasteiger partial charge in [-0.05, 0) is 48.5 Å². The summed E-state index contributed by atoms with van der Waals surface area (Å²) in [5.74, 6) is 1.26. The second-order valence-electron chi connectivity index (χ2n) is 7.80. The number of ether oxygens (including phenoxy) is 1. The number of methoxy groups -OCH3 is 1. The Hall–Kier alpha value is -3.52. The molecule has 1 aliphatic rings. The maximum absolute atomic E-state index is 12.7. The highest BCUT2D eigenvalue weighted by Crippen LogP contribution is 2.25. The van der Waals surface area contributed by atoms with Crippen molar-refractivity contribution in [1.82, 2.24) is 14.8 Å². The number of nitrogens with one attached hydrogen (secondary N) is 1. The van der Waals surface area contributed by atoms with Gasteiger partial charge in [0.2, 0.25) is 0 Å². The molecule has 1 N–H and O–H groups in total. The van der Waals surface area contributed by atoms with Crippen molar-refractivity contribution in [2.45, 2.75) is 6.04 Å². The van der Waals surface area contributed by atoms with E-state index in [1.807, 2.05) is 24.3 Å². The number of nitrogens with zero attached hydrogens (tertiary/aromatic N) is 3. The minimum Gasteiger partial charge on any atom is -0.497 e. The summed E-state index contributed by atoms with van der Waals surface area (Å²) in [6.07, 6.45) is 3.28. The summed E-state index contributed by atoms with van der Waals surface area (Å²) in [5.41, 5.74) is 0.985. The van der Waals surface area contributed by atoms with Gasteiger partial charge >= 0.3 is 0 Å². The van der Waals surface area contributed by atoms with Gasteiger partial charge in [-0.15, -0.1) is 0 Å². The topological polar surface area (TPSA) is 80.0 Å². The number of aromatic nitrogens is 1. The standard InChI is InChI=1S/C24H28N4O4/c1-26-11-3-5-20(24(26)30)23(29)25-17-21(22-6-4-16-32-22)28-14-12-27(13-15-28)18-7-9-19(31-2)10-8-18/h3-11,16,21H,12-15,17H2,1-2H3,(H,25,29). The number of benzene rings is 1. The van der Waals surface area contributed by atoms with Crippen LogP contribution in [0.2, 0.25) is 0 Å². The smallest absolute Gasteiger partial charge is 0.263 e. The fourth-order valence-corrected chi connectivity index (χ4v) is 4.03. The van der Waals surface area contributed by atoms with Crippen LogP contribution in [0.4, 0.5) is 5.69 Å². The molecule has 32 heavy (non-hydrogen) atoms. The molecule has 3 aromatic rings. The molecule has 1 aliphatic heterocycles. The lowest BCUT2D eigenvalue weighted by Gasteiger charge is -2.39. The van der Waals surface area contributed by atoms with Crippen LogP contribution >= 0.6 is 0 Å². The van der Waals surface area contributed by atoms with Crippen LogP contribution in [0.5, 0.6) is 5.75 Å². The summed E-state index contributed by atoms with van der Waals surface area (Å²) >= 11 is 0. The molecular weight excluding hydrogens is 408 g/mol. The summed E-state index contributed by atoms with van der Waals surface area (Å²) < 4.78 is 12.3. The molecule has 1 atom stereocenters. The summed E-state index contributed by atoms with van der Waals surface area (Å²) in [6, 6.07) is 15.0. The number of furan rings is 1. The van der Waals surface area contributed by atoms with Gasteiger partial charge in [0.25, 0.3) is 11.5 Å². The van der Waals surface area contributed by atoms with Gasteiger partial charge in [-0.1, -0.05) is 0 Å². The van der Waals surface area contributed by atoms with Gasteiger partial charge in [0.1, 0.15) is 17.1 Å². The largest absolute Gasteiger partial charge is 0.497 e. The predicted octanol–water partition coefficient (Wildman–Crippen LogP) is 2.28. The van der Waals surface area contributed by atoms with Crippen molar-refractivity contribution in [2.75, 3.05) is 44.7 Å². The molecular formula is C24H28N4O4. The molecule has 3 heterocycles. The van der Waals surface area contributed by atoms with E-state index in [2.05, 4.69) is 27.2 Å². The minimum absolute atomic E-state index is 0.112. The molecule has 1 unspecified atom stereocenters. The number of piperazine rings is 1. The molecule has 0 aliphatic carbocycles. The Kier molecular flexibility index (Phi) is 6.61. The number of amides is 1. The molecule has 2 aromatic heterocycles. The molecule has 1 saturated heterocycles. The average molecular weight is 437 g/mol. The number of carbonyl (C=O) groups excluding carboxylic acids is 1. The molecule has 1 aromatic carbocycles. The maximum Gasteiger partial charge on any atom is 0.263 e. The van der Waals surface area contributed by atoms with Crippen LogP contribution in [-0.4, -0.2) is 55.2 Å². The number of pyridine rings is 1. The first-order valence-electron chi connectivity index (χ1n) is 10.7. The molecule has 8 nitrogen and oxygen atoms in total. The number of anilines is 1. The van der Waals surface area contributed by atoms with E-state index < -0.39 is 0 Å². The molecule has 168 valence electrons. The third-order valence-corrected chi connectivity index (χ3v) is 5.89. The zero-order valence-electron chi connectivity index (χ0n) is 18.4. The van der Waals surface area contributed by atoms with E-state index in [0.29, 0.717) is 6.54 Å². The highest BCUT2D eigenvalue weighted by Gasteiger charge is 2.28. The number of rotatable bonds is 7. The second-order valence-corrected chi connectivity index (χ2v) is 7.80. The molecule has 0 radical (unpaired) electrons. The first-order chi connectivity index (χ1) is 15.6. The molecule has 1 fully saturated rings. The monoisotopic (exact) mass is 436 g/mol. The maximum atomic E-state index is 12.7. The van der Waals surface area contributed by atoms with Gasteiger partial charge in [0.15, 0.2) is 0 Å². The number of hydrogen-bond acceptors (Lipinski definition) is 6. The van der Waals surface area contributed by atoms with Crippen molar-refractivity contribution < 1.29 is 13.9 Å². The fourth-order valence-electron chi connectivity index (χ4n) is 4.03. The van der Waals surface area contributed by atoms with Gasteiger partial charge in [-0.2, -0.15) is 0 Å². The van der Waals surface area contributed by atoms with Gasteiger partial charge in [0, 0.05) is 51.7 Å². The van der Waals surface area contributed by atoms with Gasteiger partial charge < -0.3 is 23.9 Å². The summed E-state index contributed by atoms with van der Waals surface area (Å²) in [4.78, 5) is 29.6. The second kappa shape index (κ2) is 9.74. The van der Waals surface area contributed by atoms with E-state index in [9.17, 15) is 9.59 Å². The van der Waals surface area contributed by atoms with Gasteiger partial charge in [0.05, 0.1) is 19.4 Å². The lowest BCUT2D eigenvalue weighted by Crippen LogP contribution is -2.50. The van der Waals surface area contributed by atoms with Crippen LogP contribution in [-0.2, 0) is 7.05 Å². The van der Waals surface area contributed by atoms with Crippen LogP contribution < -0.4 is 20.5 Å². The first kappa shape index (κ1) is 21.7. The highest BCUT2D eigenvalue weighted by molar-refractivity contribution is 5.93. The highest BCUT2D eigenvalue weighted by atomic mass is 16.5. The fraction of sp³-hybridized carbons (Fsp3) is 0.333. The van der Waals surface area contributed by atoms with E-state index in [0.717, 1.165) is 43.4 Å². The van der Waals surface area contributed by atoms with Crippen molar-refractivity contribution in [3.8, 4) is 5.75 Å². The zero-order chi connectivity index (χ0) is 22.5. The van der Waals surface area contributed by atoms with E-state index in [1.54, 1.807) is 38.8 Å². The van der Waals surface area contributed by atoms with Crippen LogP contribution in [0.1, 0.15) is 22.2 Å². The van der Waals surface area contributed by atoms with E-state index in [-0.39, 0.29) is 23.1 Å². The zero-order valence-corrected chi connectivity index (χ0v) is 18.4. The Balaban J connectivity index is 1.42. The van der Waals surface area contributed by atoms with E-state index >= 15 is 0 Å². The first-order valence-corrected chi connectivity index (χ1v) is 10.7. The van der Waals surface area contributed by atoms with Gasteiger partial charge in [-0.3, -0.25) is 14.5 Å².